The second kappa shape index (κ2) is 6.52. The van der Waals surface area contributed by atoms with Gasteiger partial charge in [0.2, 0.25) is 5.91 Å². The molecule has 1 aliphatic rings. The van der Waals surface area contributed by atoms with E-state index in [4.69, 9.17) is 16.3 Å². The molecule has 0 radical (unpaired) electrons. The van der Waals surface area contributed by atoms with Crippen molar-refractivity contribution in [2.24, 2.45) is 0 Å². The number of amides is 1. The van der Waals surface area contributed by atoms with E-state index < -0.39 is 0 Å². The molecule has 4 nitrogen and oxygen atoms in total. The Morgan fingerprint density at radius 2 is 2.35 bits per heavy atom. The van der Waals surface area contributed by atoms with Crippen LogP contribution in [0.25, 0.3) is 0 Å². The maximum absolute atomic E-state index is 13.0. The molecule has 1 aromatic carbocycles. The highest BCUT2D eigenvalue weighted by Gasteiger charge is 2.31. The Morgan fingerprint density at radius 3 is 2.95 bits per heavy atom. The van der Waals surface area contributed by atoms with Crippen molar-refractivity contribution in [1.29, 1.82) is 0 Å². The minimum atomic E-state index is -0.381. The number of nitrogens with one attached hydrogen (secondary N) is 1. The normalized spacial score (nSPS) is 22.0. The molecule has 1 aliphatic heterocycles. The van der Waals surface area contributed by atoms with Crippen LogP contribution < -0.4 is 5.32 Å². The van der Waals surface area contributed by atoms with Gasteiger partial charge in [-0.2, -0.15) is 0 Å². The lowest BCUT2D eigenvalue weighted by Gasteiger charge is -2.21. The van der Waals surface area contributed by atoms with Gasteiger partial charge in [-0.25, -0.2) is 4.39 Å². The number of rotatable bonds is 4. The summed E-state index contributed by atoms with van der Waals surface area (Å²) >= 11 is 5.97. The van der Waals surface area contributed by atoms with Gasteiger partial charge in [0.05, 0.1) is 12.1 Å². The van der Waals surface area contributed by atoms with Crippen LogP contribution >= 0.6 is 11.6 Å². The molecule has 0 aliphatic carbocycles. The monoisotopic (exact) mass is 300 g/mol. The second-order valence-corrected chi connectivity index (χ2v) is 5.39. The van der Waals surface area contributed by atoms with Crippen LogP contribution in [0.15, 0.2) is 18.2 Å². The highest BCUT2D eigenvalue weighted by molar-refractivity contribution is 6.31. The zero-order chi connectivity index (χ0) is 14.7. The summed E-state index contributed by atoms with van der Waals surface area (Å²) in [7, 11) is 3.35. The molecule has 1 amide bonds. The second-order valence-electron chi connectivity index (χ2n) is 4.98. The highest BCUT2D eigenvalue weighted by Crippen LogP contribution is 2.20. The van der Waals surface area contributed by atoms with Crippen molar-refractivity contribution in [3.63, 3.8) is 0 Å². The molecular weight excluding hydrogens is 283 g/mol. The standard InChI is InChI=1S/C14H18ClFN2O2/c1-18(8-9-3-4-10(16)5-12(9)15)14(19)13-6-11(20-2)7-17-13/h3-5,11,13,17H,6-8H2,1-2H3/t11-,13-/m1/s1. The van der Waals surface area contributed by atoms with Gasteiger partial charge in [0.1, 0.15) is 5.82 Å². The van der Waals surface area contributed by atoms with Crippen molar-refractivity contribution in [3.05, 3.63) is 34.6 Å². The van der Waals surface area contributed by atoms with E-state index >= 15 is 0 Å². The Hall–Kier alpha value is -1.17. The number of nitrogens with zero attached hydrogens (tertiary/aromatic N) is 1. The Bertz CT molecular complexity index is 498. The molecule has 1 fully saturated rings. The lowest BCUT2D eigenvalue weighted by molar-refractivity contribution is -0.132. The van der Waals surface area contributed by atoms with Crippen LogP contribution in [0.2, 0.25) is 5.02 Å². The lowest BCUT2D eigenvalue weighted by atomic mass is 10.1. The van der Waals surface area contributed by atoms with Crippen molar-refractivity contribution >= 4 is 17.5 Å². The number of carbonyl (C=O) groups excluding carboxylic acids is 1. The van der Waals surface area contributed by atoms with E-state index in [2.05, 4.69) is 5.32 Å². The van der Waals surface area contributed by atoms with Crippen LogP contribution in [0.4, 0.5) is 4.39 Å². The third kappa shape index (κ3) is 3.48. The first kappa shape index (κ1) is 15.2. The summed E-state index contributed by atoms with van der Waals surface area (Å²) < 4.78 is 18.2. The SMILES string of the molecule is CO[C@H]1CN[C@@H](C(=O)N(C)Cc2ccc(F)cc2Cl)C1. The molecule has 1 heterocycles. The largest absolute Gasteiger partial charge is 0.380 e. The molecule has 1 N–H and O–H groups in total. The van der Waals surface area contributed by atoms with Crippen LogP contribution in [0.5, 0.6) is 0 Å². The average molecular weight is 301 g/mol. The van der Waals surface area contributed by atoms with E-state index in [1.54, 1.807) is 25.1 Å². The number of halogens is 2. The smallest absolute Gasteiger partial charge is 0.239 e. The van der Waals surface area contributed by atoms with Crippen LogP contribution in [0, 0.1) is 5.82 Å². The Kier molecular flexibility index (Phi) is 4.96. The van der Waals surface area contributed by atoms with Gasteiger partial charge in [-0.05, 0) is 24.1 Å². The fourth-order valence-corrected chi connectivity index (χ4v) is 2.55. The average Bonchev–Trinajstić information content (AvgIpc) is 2.89. The van der Waals surface area contributed by atoms with Gasteiger partial charge in [-0.3, -0.25) is 4.79 Å². The van der Waals surface area contributed by atoms with Crippen molar-refractivity contribution in [3.8, 4) is 0 Å². The lowest BCUT2D eigenvalue weighted by Crippen LogP contribution is -2.41. The number of methoxy groups -OCH3 is 1. The summed E-state index contributed by atoms with van der Waals surface area (Å²) in [5.41, 5.74) is 0.727. The molecule has 2 rings (SSSR count). The number of carbonyl (C=O) groups is 1. The van der Waals surface area contributed by atoms with Gasteiger partial charge in [0.25, 0.3) is 0 Å². The molecule has 0 spiro atoms. The van der Waals surface area contributed by atoms with E-state index in [0.29, 0.717) is 24.5 Å². The molecule has 110 valence electrons. The Morgan fingerprint density at radius 1 is 1.60 bits per heavy atom. The zero-order valence-electron chi connectivity index (χ0n) is 11.5. The third-order valence-corrected chi connectivity index (χ3v) is 3.87. The summed E-state index contributed by atoms with van der Waals surface area (Å²) in [5, 5.41) is 3.47. The van der Waals surface area contributed by atoms with E-state index in [0.717, 1.165) is 5.56 Å². The van der Waals surface area contributed by atoms with Crippen LogP contribution in [-0.4, -0.2) is 43.7 Å². The first-order valence-electron chi connectivity index (χ1n) is 6.46. The summed E-state index contributed by atoms with van der Waals surface area (Å²) in [6, 6.07) is 3.96. The Labute approximate surface area is 122 Å². The molecule has 0 saturated carbocycles. The van der Waals surface area contributed by atoms with Crippen molar-refractivity contribution < 1.29 is 13.9 Å². The van der Waals surface area contributed by atoms with Gasteiger partial charge in [0.15, 0.2) is 0 Å². The fraction of sp³-hybridized carbons (Fsp3) is 0.500. The quantitative estimate of drug-likeness (QED) is 0.922. The van der Waals surface area contributed by atoms with Gasteiger partial charge < -0.3 is 15.0 Å². The van der Waals surface area contributed by atoms with E-state index in [1.165, 1.54) is 12.1 Å². The fourth-order valence-electron chi connectivity index (χ4n) is 2.32. The minimum Gasteiger partial charge on any atom is -0.380 e. The Balaban J connectivity index is 1.97. The van der Waals surface area contributed by atoms with Crippen LogP contribution in [0.1, 0.15) is 12.0 Å². The first-order valence-corrected chi connectivity index (χ1v) is 6.84. The molecule has 1 saturated heterocycles. The molecule has 0 unspecified atom stereocenters. The predicted molar refractivity (Wildman–Crippen MR) is 75.1 cm³/mol. The molecular formula is C14H18ClFN2O2. The number of hydrogen-bond acceptors (Lipinski definition) is 3. The number of benzene rings is 1. The molecule has 6 heteroatoms. The van der Waals surface area contributed by atoms with Crippen molar-refractivity contribution in [1.82, 2.24) is 10.2 Å². The van der Waals surface area contributed by atoms with E-state index in [1.807, 2.05) is 0 Å². The highest BCUT2D eigenvalue weighted by atomic mass is 35.5. The van der Waals surface area contributed by atoms with Gasteiger partial charge >= 0.3 is 0 Å². The summed E-state index contributed by atoms with van der Waals surface area (Å²) in [4.78, 5) is 13.9. The summed E-state index contributed by atoms with van der Waals surface area (Å²) in [6.07, 6.45) is 0.739. The molecule has 2 atom stereocenters. The van der Waals surface area contributed by atoms with Gasteiger partial charge in [-0.15, -0.1) is 0 Å². The summed E-state index contributed by atoms with van der Waals surface area (Å²) in [6.45, 7) is 1.03. The molecule has 0 bridgehead atoms. The van der Waals surface area contributed by atoms with Crippen molar-refractivity contribution in [2.75, 3.05) is 20.7 Å². The number of ether oxygens (including phenoxy) is 1. The van der Waals surface area contributed by atoms with Gasteiger partial charge in [0, 0.05) is 32.3 Å². The van der Waals surface area contributed by atoms with Crippen LogP contribution in [-0.2, 0) is 16.1 Å². The first-order chi connectivity index (χ1) is 9.51. The van der Waals surface area contributed by atoms with Crippen LogP contribution in [0.3, 0.4) is 0 Å². The number of likely N-dealkylation sites (N-methyl/N-ethyl adjacent to an activating group) is 1. The predicted octanol–water partition coefficient (Wildman–Crippen LogP) is 1.81. The van der Waals surface area contributed by atoms with Gasteiger partial charge in [-0.1, -0.05) is 17.7 Å². The topological polar surface area (TPSA) is 41.6 Å². The number of hydrogen-bond donors (Lipinski definition) is 1. The molecule has 20 heavy (non-hydrogen) atoms. The molecule has 0 aromatic heterocycles. The van der Waals surface area contributed by atoms with E-state index in [9.17, 15) is 9.18 Å². The summed E-state index contributed by atoms with van der Waals surface area (Å²) in [5.74, 6) is -0.391. The van der Waals surface area contributed by atoms with E-state index in [-0.39, 0.29) is 23.9 Å². The maximum atomic E-state index is 13.0. The third-order valence-electron chi connectivity index (χ3n) is 3.52. The maximum Gasteiger partial charge on any atom is 0.239 e. The minimum absolute atomic E-state index is 0.00931. The zero-order valence-corrected chi connectivity index (χ0v) is 12.3. The van der Waals surface area contributed by atoms with Crippen molar-refractivity contribution in [2.45, 2.75) is 25.1 Å². The molecule has 1 aromatic rings.